The Labute approximate surface area is 101 Å². The molecule has 17 heavy (non-hydrogen) atoms. The maximum absolute atomic E-state index is 11.7. The van der Waals surface area contributed by atoms with Crippen LogP contribution in [0.25, 0.3) is 0 Å². The van der Waals surface area contributed by atoms with E-state index >= 15 is 0 Å². The molecule has 0 amide bonds. The van der Waals surface area contributed by atoms with Crippen LogP contribution in [0, 0.1) is 0 Å². The molecule has 0 bridgehead atoms. The molecular weight excluding hydrogens is 216 g/mol. The van der Waals surface area contributed by atoms with Crippen LogP contribution in [0.4, 0.5) is 0 Å². The first-order valence-corrected chi connectivity index (χ1v) is 5.78. The highest BCUT2D eigenvalue weighted by atomic mass is 16.5. The zero-order valence-electron chi connectivity index (χ0n) is 9.94. The smallest absolute Gasteiger partial charge is 0.337 e. The van der Waals surface area contributed by atoms with E-state index in [1.807, 2.05) is 30.3 Å². The molecule has 0 N–H and O–H groups in total. The molecular formula is C14H16O3. The first-order valence-electron chi connectivity index (χ1n) is 5.78. The molecule has 0 aliphatic carbocycles. The highest BCUT2D eigenvalue weighted by Gasteiger charge is 2.20. The lowest BCUT2D eigenvalue weighted by Crippen LogP contribution is -2.10. The van der Waals surface area contributed by atoms with E-state index in [9.17, 15) is 4.79 Å². The minimum atomic E-state index is -0.286. The van der Waals surface area contributed by atoms with Crippen molar-refractivity contribution in [1.29, 1.82) is 0 Å². The highest BCUT2D eigenvalue weighted by molar-refractivity contribution is 5.89. The molecule has 1 aromatic carbocycles. The molecule has 1 aliphatic rings. The van der Waals surface area contributed by atoms with E-state index in [1.54, 1.807) is 0 Å². The van der Waals surface area contributed by atoms with Gasteiger partial charge in [0.2, 0.25) is 0 Å². The van der Waals surface area contributed by atoms with Gasteiger partial charge in [0.1, 0.15) is 5.76 Å². The third-order valence-corrected chi connectivity index (χ3v) is 2.82. The zero-order valence-corrected chi connectivity index (χ0v) is 9.94. The maximum atomic E-state index is 11.7. The van der Waals surface area contributed by atoms with Gasteiger partial charge in [0, 0.05) is 12.8 Å². The van der Waals surface area contributed by atoms with E-state index in [0.29, 0.717) is 18.6 Å². The van der Waals surface area contributed by atoms with Gasteiger partial charge in [-0.15, -0.1) is 0 Å². The van der Waals surface area contributed by atoms with Gasteiger partial charge in [0.25, 0.3) is 0 Å². The van der Waals surface area contributed by atoms with Gasteiger partial charge in [-0.1, -0.05) is 30.3 Å². The number of ether oxygens (including phenoxy) is 2. The maximum Gasteiger partial charge on any atom is 0.337 e. The number of hydrogen-bond donors (Lipinski definition) is 0. The van der Waals surface area contributed by atoms with Gasteiger partial charge < -0.3 is 9.47 Å². The fourth-order valence-electron chi connectivity index (χ4n) is 1.95. The lowest BCUT2D eigenvalue weighted by molar-refractivity contribution is -0.136. The zero-order chi connectivity index (χ0) is 12.1. The first-order chi connectivity index (χ1) is 8.31. The summed E-state index contributed by atoms with van der Waals surface area (Å²) >= 11 is 0. The van der Waals surface area contributed by atoms with Gasteiger partial charge in [-0.05, 0) is 12.0 Å². The monoisotopic (exact) mass is 232 g/mol. The van der Waals surface area contributed by atoms with Crippen molar-refractivity contribution in [2.75, 3.05) is 13.7 Å². The number of esters is 1. The Balaban J connectivity index is 2.23. The summed E-state index contributed by atoms with van der Waals surface area (Å²) in [6.07, 6.45) is 2.38. The summed E-state index contributed by atoms with van der Waals surface area (Å²) in [4.78, 5) is 11.7. The van der Waals surface area contributed by atoms with Crippen LogP contribution in [0.15, 0.2) is 41.7 Å². The van der Waals surface area contributed by atoms with Crippen molar-refractivity contribution in [3.05, 3.63) is 47.2 Å². The van der Waals surface area contributed by atoms with E-state index < -0.39 is 0 Å². The van der Waals surface area contributed by atoms with Crippen LogP contribution in [-0.2, 0) is 20.7 Å². The highest BCUT2D eigenvalue weighted by Crippen LogP contribution is 2.23. The number of allylic oxidation sites excluding steroid dienone is 1. The van der Waals surface area contributed by atoms with Crippen molar-refractivity contribution in [1.82, 2.24) is 0 Å². The molecule has 0 radical (unpaired) electrons. The second kappa shape index (κ2) is 5.53. The average Bonchev–Trinajstić information content (AvgIpc) is 2.90. The predicted octanol–water partition coefficient (Wildman–Crippen LogP) is 2.47. The average molecular weight is 232 g/mol. The Morgan fingerprint density at radius 1 is 1.35 bits per heavy atom. The van der Waals surface area contributed by atoms with Crippen molar-refractivity contribution in [2.24, 2.45) is 0 Å². The molecule has 1 fully saturated rings. The first kappa shape index (κ1) is 11.7. The number of carbonyl (C=O) groups is 1. The standard InChI is InChI=1S/C14H16O3/c1-16-14(15)12(13-8-5-9-17-13)10-11-6-3-2-4-7-11/h2-4,6-7H,5,8-10H2,1H3/b13-12+. The largest absolute Gasteiger partial charge is 0.497 e. The van der Waals surface area contributed by atoms with E-state index in [1.165, 1.54) is 7.11 Å². The van der Waals surface area contributed by atoms with Crippen molar-refractivity contribution in [3.63, 3.8) is 0 Å². The van der Waals surface area contributed by atoms with E-state index in [0.717, 1.165) is 24.2 Å². The molecule has 1 saturated heterocycles. The molecule has 1 heterocycles. The quantitative estimate of drug-likeness (QED) is 0.593. The Morgan fingerprint density at radius 2 is 2.12 bits per heavy atom. The van der Waals surface area contributed by atoms with Crippen LogP contribution in [0.1, 0.15) is 18.4 Å². The van der Waals surface area contributed by atoms with E-state index in [2.05, 4.69) is 0 Å². The van der Waals surface area contributed by atoms with Crippen molar-refractivity contribution in [2.45, 2.75) is 19.3 Å². The Morgan fingerprint density at radius 3 is 2.71 bits per heavy atom. The number of methoxy groups -OCH3 is 1. The molecule has 1 aliphatic heterocycles. The molecule has 3 nitrogen and oxygen atoms in total. The fourth-order valence-corrected chi connectivity index (χ4v) is 1.95. The molecule has 0 aromatic heterocycles. The van der Waals surface area contributed by atoms with Gasteiger partial charge in [-0.3, -0.25) is 0 Å². The Bertz CT molecular complexity index is 412. The van der Waals surface area contributed by atoms with Gasteiger partial charge in [0.15, 0.2) is 0 Å². The lowest BCUT2D eigenvalue weighted by Gasteiger charge is -2.09. The second-order valence-corrected chi connectivity index (χ2v) is 4.01. The van der Waals surface area contributed by atoms with Gasteiger partial charge in [-0.2, -0.15) is 0 Å². The molecule has 0 unspecified atom stereocenters. The van der Waals surface area contributed by atoms with E-state index in [4.69, 9.17) is 9.47 Å². The van der Waals surface area contributed by atoms with Crippen LogP contribution < -0.4 is 0 Å². The van der Waals surface area contributed by atoms with Crippen LogP contribution in [0.5, 0.6) is 0 Å². The predicted molar refractivity (Wildman–Crippen MR) is 64.4 cm³/mol. The summed E-state index contributed by atoms with van der Waals surface area (Å²) in [6, 6.07) is 9.88. The number of carbonyl (C=O) groups excluding carboxylic acids is 1. The lowest BCUT2D eigenvalue weighted by atomic mass is 10.0. The molecule has 90 valence electrons. The van der Waals surface area contributed by atoms with Crippen LogP contribution >= 0.6 is 0 Å². The van der Waals surface area contributed by atoms with Crippen LogP contribution in [-0.4, -0.2) is 19.7 Å². The number of benzene rings is 1. The van der Waals surface area contributed by atoms with E-state index in [-0.39, 0.29) is 5.97 Å². The summed E-state index contributed by atoms with van der Waals surface area (Å²) in [6.45, 7) is 0.699. The second-order valence-electron chi connectivity index (χ2n) is 4.01. The number of rotatable bonds is 3. The topological polar surface area (TPSA) is 35.5 Å². The summed E-state index contributed by atoms with van der Waals surface area (Å²) in [5.41, 5.74) is 1.74. The Hall–Kier alpha value is -1.77. The summed E-state index contributed by atoms with van der Waals surface area (Å²) < 4.78 is 10.3. The summed E-state index contributed by atoms with van der Waals surface area (Å²) in [7, 11) is 1.41. The Kier molecular flexibility index (Phi) is 3.81. The molecule has 0 atom stereocenters. The molecule has 0 saturated carbocycles. The minimum absolute atomic E-state index is 0.286. The molecule has 1 aromatic rings. The summed E-state index contributed by atoms with van der Waals surface area (Å²) in [5, 5.41) is 0. The van der Waals surface area contributed by atoms with Crippen molar-refractivity contribution in [3.8, 4) is 0 Å². The third-order valence-electron chi connectivity index (χ3n) is 2.82. The normalized spacial score (nSPS) is 17.5. The number of hydrogen-bond acceptors (Lipinski definition) is 3. The van der Waals surface area contributed by atoms with Crippen LogP contribution in [0.3, 0.4) is 0 Å². The molecule has 0 spiro atoms. The van der Waals surface area contributed by atoms with Crippen LogP contribution in [0.2, 0.25) is 0 Å². The van der Waals surface area contributed by atoms with Gasteiger partial charge >= 0.3 is 5.97 Å². The van der Waals surface area contributed by atoms with Crippen molar-refractivity contribution < 1.29 is 14.3 Å². The van der Waals surface area contributed by atoms with Gasteiger partial charge in [0.05, 0.1) is 19.3 Å². The fraction of sp³-hybridized carbons (Fsp3) is 0.357. The molecule has 3 heteroatoms. The summed E-state index contributed by atoms with van der Waals surface area (Å²) in [5.74, 6) is 0.506. The molecule has 2 rings (SSSR count). The van der Waals surface area contributed by atoms with Crippen molar-refractivity contribution >= 4 is 5.97 Å². The van der Waals surface area contributed by atoms with Gasteiger partial charge in [-0.25, -0.2) is 4.79 Å². The SMILES string of the molecule is COC(=O)/C(Cc1ccccc1)=C1\CCCO1. The minimum Gasteiger partial charge on any atom is -0.497 e. The third kappa shape index (κ3) is 2.87.